The van der Waals surface area contributed by atoms with Crippen molar-refractivity contribution in [3.05, 3.63) is 0 Å². The van der Waals surface area contributed by atoms with E-state index in [9.17, 15) is 9.59 Å². The second kappa shape index (κ2) is 22.9. The topological polar surface area (TPSA) is 126 Å². The molecule has 0 fully saturated rings. The Bertz CT molecular complexity index is 579. The standard InChI is InChI=1S/C28H54O12/c1-9-17-19-21-23(31-11-3)27(33-13-5,34-14-6)37-25(29)39-40-26(30)38-28(35-15-7,36-16-8)24(32-12-4)22-20-18-10-2/h23-24H,9-22H2,1-8H3. The highest BCUT2D eigenvalue weighted by Crippen LogP contribution is 2.30. The molecule has 0 aliphatic carbocycles. The summed E-state index contributed by atoms with van der Waals surface area (Å²) in [7, 11) is 0. The van der Waals surface area contributed by atoms with Gasteiger partial charge in [0, 0.05) is 13.2 Å². The molecule has 40 heavy (non-hydrogen) atoms. The molecule has 0 radical (unpaired) electrons. The summed E-state index contributed by atoms with van der Waals surface area (Å²) in [4.78, 5) is 34.7. The summed E-state index contributed by atoms with van der Waals surface area (Å²) in [5.74, 6) is -3.81. The third-order valence-electron chi connectivity index (χ3n) is 5.68. The molecule has 2 unspecified atom stereocenters. The van der Waals surface area contributed by atoms with Gasteiger partial charge in [0.25, 0.3) is 0 Å². The van der Waals surface area contributed by atoms with Gasteiger partial charge in [-0.15, -0.1) is 0 Å². The molecule has 12 nitrogen and oxygen atoms in total. The zero-order valence-electron chi connectivity index (χ0n) is 26.0. The SMILES string of the molecule is CCCCCC(OCC)C(OCC)(OCC)OC(=O)OOC(=O)OC(OCC)(OCC)C(CCCCC)OCC. The Labute approximate surface area is 240 Å². The molecule has 0 spiro atoms. The van der Waals surface area contributed by atoms with Crippen molar-refractivity contribution in [2.24, 2.45) is 0 Å². The molecule has 0 saturated heterocycles. The lowest BCUT2D eigenvalue weighted by Gasteiger charge is -2.37. The normalized spacial score (nSPS) is 13.5. The summed E-state index contributed by atoms with van der Waals surface area (Å²) in [6, 6.07) is 0. The average molecular weight is 583 g/mol. The Kier molecular flexibility index (Phi) is 22.0. The fourth-order valence-electron chi connectivity index (χ4n) is 4.13. The van der Waals surface area contributed by atoms with E-state index in [2.05, 4.69) is 23.6 Å². The predicted molar refractivity (Wildman–Crippen MR) is 146 cm³/mol. The van der Waals surface area contributed by atoms with Gasteiger partial charge in [0.2, 0.25) is 0 Å². The number of hydrogen-bond donors (Lipinski definition) is 0. The van der Waals surface area contributed by atoms with Crippen molar-refractivity contribution in [1.29, 1.82) is 0 Å². The zero-order valence-corrected chi connectivity index (χ0v) is 26.0. The van der Waals surface area contributed by atoms with Gasteiger partial charge in [0.15, 0.2) is 12.2 Å². The fourth-order valence-corrected chi connectivity index (χ4v) is 4.13. The van der Waals surface area contributed by atoms with E-state index in [4.69, 9.17) is 37.9 Å². The molecule has 0 aliphatic rings. The number of carbonyl (C=O) groups excluding carboxylic acids is 2. The maximum absolute atomic E-state index is 12.7. The summed E-state index contributed by atoms with van der Waals surface area (Å²) < 4.78 is 45.5. The minimum Gasteiger partial charge on any atom is -0.371 e. The lowest BCUT2D eigenvalue weighted by atomic mass is 10.1. The van der Waals surface area contributed by atoms with Crippen molar-refractivity contribution in [3.63, 3.8) is 0 Å². The van der Waals surface area contributed by atoms with Crippen LogP contribution in [0.2, 0.25) is 0 Å². The van der Waals surface area contributed by atoms with E-state index in [-0.39, 0.29) is 26.4 Å². The molecule has 0 aliphatic heterocycles. The summed E-state index contributed by atoms with van der Waals surface area (Å²) >= 11 is 0. The lowest BCUT2D eigenvalue weighted by Crippen LogP contribution is -2.53. The minimum absolute atomic E-state index is 0.148. The lowest BCUT2D eigenvalue weighted by molar-refractivity contribution is -0.415. The van der Waals surface area contributed by atoms with E-state index >= 15 is 0 Å². The zero-order chi connectivity index (χ0) is 30.3. The van der Waals surface area contributed by atoms with Gasteiger partial charge in [-0.25, -0.2) is 0 Å². The van der Waals surface area contributed by atoms with E-state index in [1.54, 1.807) is 27.7 Å². The number of ether oxygens (including phenoxy) is 8. The molecule has 0 aromatic heterocycles. The molecule has 0 N–H and O–H groups in total. The first-order chi connectivity index (χ1) is 19.3. The summed E-state index contributed by atoms with van der Waals surface area (Å²) in [6.45, 7) is 15.9. The third kappa shape index (κ3) is 13.8. The van der Waals surface area contributed by atoms with Crippen LogP contribution in [0, 0.1) is 0 Å². The number of carbonyl (C=O) groups is 2. The van der Waals surface area contributed by atoms with Gasteiger partial charge in [0.05, 0.1) is 26.4 Å². The van der Waals surface area contributed by atoms with Crippen LogP contribution in [0.25, 0.3) is 0 Å². The molecule has 0 saturated carbocycles. The first-order valence-corrected chi connectivity index (χ1v) is 14.9. The van der Waals surface area contributed by atoms with Crippen molar-refractivity contribution in [2.45, 2.75) is 131 Å². The van der Waals surface area contributed by atoms with Crippen LogP contribution in [0.3, 0.4) is 0 Å². The van der Waals surface area contributed by atoms with Crippen molar-refractivity contribution in [1.82, 2.24) is 0 Å². The molecule has 0 aromatic carbocycles. The summed E-state index contributed by atoms with van der Waals surface area (Å²) in [6.07, 6.45) is 2.18. The maximum Gasteiger partial charge on any atom is 0.554 e. The van der Waals surface area contributed by atoms with Crippen LogP contribution in [-0.2, 0) is 47.7 Å². The van der Waals surface area contributed by atoms with Crippen molar-refractivity contribution in [2.75, 3.05) is 39.6 Å². The molecule has 2 atom stereocenters. The second-order valence-electron chi connectivity index (χ2n) is 8.69. The second-order valence-corrected chi connectivity index (χ2v) is 8.69. The largest absolute Gasteiger partial charge is 0.554 e. The smallest absolute Gasteiger partial charge is 0.371 e. The van der Waals surface area contributed by atoms with E-state index < -0.39 is 36.5 Å². The van der Waals surface area contributed by atoms with Gasteiger partial charge in [-0.1, -0.05) is 52.4 Å². The molecule has 0 heterocycles. The number of unbranched alkanes of at least 4 members (excludes halogenated alkanes) is 4. The van der Waals surface area contributed by atoms with Crippen LogP contribution in [-0.4, -0.2) is 76.1 Å². The Hall–Kier alpha value is -1.70. The first kappa shape index (κ1) is 38.3. The quantitative estimate of drug-likeness (QED) is 0.0398. The van der Waals surface area contributed by atoms with Crippen molar-refractivity contribution < 1.29 is 57.3 Å². The van der Waals surface area contributed by atoms with E-state index in [0.717, 1.165) is 38.5 Å². The minimum atomic E-state index is -1.91. The Balaban J connectivity index is 5.68. The molecule has 0 bridgehead atoms. The van der Waals surface area contributed by atoms with Gasteiger partial charge >= 0.3 is 24.3 Å². The highest BCUT2D eigenvalue weighted by Gasteiger charge is 2.49. The van der Waals surface area contributed by atoms with Gasteiger partial charge in [0.1, 0.15) is 0 Å². The number of rotatable bonds is 24. The molecule has 238 valence electrons. The number of hydrogen-bond acceptors (Lipinski definition) is 12. The van der Waals surface area contributed by atoms with E-state index in [0.29, 0.717) is 26.1 Å². The molecule has 12 heteroatoms. The van der Waals surface area contributed by atoms with Gasteiger partial charge in [-0.05, 0) is 54.4 Å². The monoisotopic (exact) mass is 582 g/mol. The van der Waals surface area contributed by atoms with Gasteiger partial charge in [-0.2, -0.15) is 19.4 Å². The van der Waals surface area contributed by atoms with Crippen LogP contribution in [0.15, 0.2) is 0 Å². The fraction of sp³-hybridized carbons (Fsp3) is 0.929. The van der Waals surface area contributed by atoms with Gasteiger partial charge in [-0.3, -0.25) is 0 Å². The highest BCUT2D eigenvalue weighted by atomic mass is 17.3. The summed E-state index contributed by atoms with van der Waals surface area (Å²) in [5, 5.41) is 0. The molecule has 0 aromatic rings. The Morgan fingerprint density at radius 1 is 0.500 bits per heavy atom. The Morgan fingerprint density at radius 2 is 0.825 bits per heavy atom. The molecular weight excluding hydrogens is 528 g/mol. The molecular formula is C28H54O12. The van der Waals surface area contributed by atoms with E-state index in [1.807, 2.05) is 13.8 Å². The first-order valence-electron chi connectivity index (χ1n) is 14.9. The third-order valence-corrected chi connectivity index (χ3v) is 5.68. The van der Waals surface area contributed by atoms with Crippen LogP contribution >= 0.6 is 0 Å². The predicted octanol–water partition coefficient (Wildman–Crippen LogP) is 6.63. The Morgan fingerprint density at radius 3 is 1.07 bits per heavy atom. The van der Waals surface area contributed by atoms with Gasteiger partial charge < -0.3 is 37.9 Å². The molecule has 0 amide bonds. The summed E-state index contributed by atoms with van der Waals surface area (Å²) in [5.41, 5.74) is 0. The van der Waals surface area contributed by atoms with Crippen LogP contribution < -0.4 is 0 Å². The van der Waals surface area contributed by atoms with Crippen LogP contribution in [0.5, 0.6) is 0 Å². The van der Waals surface area contributed by atoms with Crippen LogP contribution in [0.4, 0.5) is 9.59 Å². The van der Waals surface area contributed by atoms with E-state index in [1.165, 1.54) is 0 Å². The average Bonchev–Trinajstić information content (AvgIpc) is 2.91. The maximum atomic E-state index is 12.7. The highest BCUT2D eigenvalue weighted by molar-refractivity contribution is 5.64. The van der Waals surface area contributed by atoms with Crippen molar-refractivity contribution in [3.8, 4) is 0 Å². The van der Waals surface area contributed by atoms with Crippen LogP contribution in [0.1, 0.15) is 107 Å². The molecule has 0 rings (SSSR count). The van der Waals surface area contributed by atoms with Crippen molar-refractivity contribution >= 4 is 12.3 Å².